The van der Waals surface area contributed by atoms with E-state index in [2.05, 4.69) is 25.0 Å². The number of hydrogen-bond donors (Lipinski definition) is 2. The highest BCUT2D eigenvalue weighted by molar-refractivity contribution is 5.85. The zero-order chi connectivity index (χ0) is 19.8. The fourth-order valence-electron chi connectivity index (χ4n) is 4.21. The Morgan fingerprint density at radius 3 is 2.46 bits per heavy atom. The van der Waals surface area contributed by atoms with Gasteiger partial charge in [0.1, 0.15) is 5.69 Å². The van der Waals surface area contributed by atoms with E-state index in [1.54, 1.807) is 6.07 Å². The molecule has 156 valence electrons. The first-order valence-corrected chi connectivity index (χ1v) is 10.7. The van der Waals surface area contributed by atoms with Crippen LogP contribution in [-0.2, 0) is 6.54 Å². The summed E-state index contributed by atoms with van der Waals surface area (Å²) in [6.45, 7) is 13.7. The molecule has 0 aliphatic carbocycles. The van der Waals surface area contributed by atoms with Crippen LogP contribution in [0.3, 0.4) is 0 Å². The normalized spacial score (nSPS) is 25.8. The van der Waals surface area contributed by atoms with Gasteiger partial charge < -0.3 is 20.2 Å². The highest BCUT2D eigenvalue weighted by atomic mass is 16.4. The molecule has 7 heteroatoms. The lowest BCUT2D eigenvalue weighted by Gasteiger charge is -2.27. The molecule has 7 nitrogen and oxygen atoms in total. The van der Waals surface area contributed by atoms with E-state index >= 15 is 0 Å². The van der Waals surface area contributed by atoms with Crippen molar-refractivity contribution in [3.05, 3.63) is 29.1 Å². The van der Waals surface area contributed by atoms with Gasteiger partial charge >= 0.3 is 5.97 Å². The second-order valence-corrected chi connectivity index (χ2v) is 8.10. The summed E-state index contributed by atoms with van der Waals surface area (Å²) in [5, 5.41) is 12.9. The number of nitrogens with one attached hydrogen (secondary N) is 1. The van der Waals surface area contributed by atoms with Crippen LogP contribution in [0.2, 0.25) is 0 Å². The molecule has 2 N–H and O–H groups in total. The van der Waals surface area contributed by atoms with E-state index in [4.69, 9.17) is 0 Å². The fraction of sp³-hybridized carbons (Fsp3) is 0.714. The van der Waals surface area contributed by atoms with E-state index in [0.717, 1.165) is 83.1 Å². The van der Waals surface area contributed by atoms with Gasteiger partial charge in [0.2, 0.25) is 0 Å². The Morgan fingerprint density at radius 2 is 1.68 bits per heavy atom. The second kappa shape index (κ2) is 10.9. The van der Waals surface area contributed by atoms with Gasteiger partial charge in [-0.05, 0) is 83.2 Å². The number of pyridine rings is 1. The lowest BCUT2D eigenvalue weighted by atomic mass is 10.2. The summed E-state index contributed by atoms with van der Waals surface area (Å²) < 4.78 is 0. The van der Waals surface area contributed by atoms with Gasteiger partial charge in [0.15, 0.2) is 0 Å². The van der Waals surface area contributed by atoms with Crippen LogP contribution < -0.4 is 5.32 Å². The molecule has 1 aromatic heterocycles. The van der Waals surface area contributed by atoms with Crippen molar-refractivity contribution in [3.63, 3.8) is 0 Å². The lowest BCUT2D eigenvalue weighted by Crippen LogP contribution is -2.38. The first-order valence-electron chi connectivity index (χ1n) is 10.7. The average molecular weight is 390 g/mol. The molecule has 2 aliphatic rings. The largest absolute Gasteiger partial charge is 0.477 e. The Kier molecular flexibility index (Phi) is 8.21. The maximum atomic E-state index is 11.3. The molecule has 2 atom stereocenters. The summed E-state index contributed by atoms with van der Waals surface area (Å²) >= 11 is 0. The van der Waals surface area contributed by atoms with Crippen molar-refractivity contribution in [2.24, 2.45) is 0 Å². The molecule has 0 amide bonds. The van der Waals surface area contributed by atoms with E-state index in [1.807, 2.05) is 13.0 Å². The molecule has 28 heavy (non-hydrogen) atoms. The molecular formula is C21H35N5O2. The number of hydrogen-bond acceptors (Lipinski definition) is 6. The van der Waals surface area contributed by atoms with Crippen molar-refractivity contribution in [2.75, 3.05) is 65.4 Å². The van der Waals surface area contributed by atoms with Crippen molar-refractivity contribution in [1.82, 2.24) is 25.0 Å². The third-order valence-electron chi connectivity index (χ3n) is 5.69. The summed E-state index contributed by atoms with van der Waals surface area (Å²) in [5.41, 5.74) is 1.97. The summed E-state index contributed by atoms with van der Waals surface area (Å²) in [5.74, 6) is -0.952. The molecule has 2 saturated heterocycles. The van der Waals surface area contributed by atoms with Gasteiger partial charge in [0, 0.05) is 32.7 Å². The highest BCUT2D eigenvalue weighted by Gasteiger charge is 2.16. The number of aryl methyl sites for hydroxylation is 1. The minimum Gasteiger partial charge on any atom is -0.477 e. The average Bonchev–Trinajstić information content (AvgIpc) is 2.73. The van der Waals surface area contributed by atoms with Crippen LogP contribution in [-0.4, -0.2) is 96.2 Å². The standard InChI is InChI=1S/C21H35N5O2/c1-18-15-19(23-20(16-18)21(27)28)17-26-11-4-9-24-8-3-10-25(13-14-26)7-2-5-22-6-12-24/h15-16,22H,2-14,17H2,1H3,(H,27,28). The summed E-state index contributed by atoms with van der Waals surface area (Å²) in [6.07, 6.45) is 3.57. The number of rotatable bonds is 3. The molecule has 3 heterocycles. The summed E-state index contributed by atoms with van der Waals surface area (Å²) in [7, 11) is 0. The number of carboxylic acid groups (broad SMARTS) is 1. The Balaban J connectivity index is 1.69. The molecule has 2 aliphatic heterocycles. The van der Waals surface area contributed by atoms with Gasteiger partial charge in [0.05, 0.1) is 5.69 Å². The molecule has 1 aromatic rings. The Morgan fingerprint density at radius 1 is 0.964 bits per heavy atom. The molecule has 2 fully saturated rings. The topological polar surface area (TPSA) is 71.9 Å². The fourth-order valence-corrected chi connectivity index (χ4v) is 4.21. The predicted octanol–water partition coefficient (Wildman–Crippen LogP) is 1.28. The van der Waals surface area contributed by atoms with Crippen LogP contribution in [0.4, 0.5) is 0 Å². The molecule has 0 aromatic carbocycles. The summed E-state index contributed by atoms with van der Waals surface area (Å²) in [4.78, 5) is 23.4. The molecular weight excluding hydrogens is 354 g/mol. The maximum Gasteiger partial charge on any atom is 0.354 e. The first-order chi connectivity index (χ1) is 13.6. The van der Waals surface area contributed by atoms with Crippen molar-refractivity contribution >= 4 is 5.97 Å². The van der Waals surface area contributed by atoms with Crippen LogP contribution >= 0.6 is 0 Å². The monoisotopic (exact) mass is 389 g/mol. The van der Waals surface area contributed by atoms with Gasteiger partial charge in [-0.1, -0.05) is 0 Å². The van der Waals surface area contributed by atoms with Crippen LogP contribution in [0.1, 0.15) is 41.0 Å². The molecule has 3 rings (SSSR count). The molecule has 0 saturated carbocycles. The Labute approximate surface area is 168 Å². The van der Waals surface area contributed by atoms with Crippen molar-refractivity contribution in [3.8, 4) is 0 Å². The first kappa shape index (κ1) is 21.2. The Bertz CT molecular complexity index is 639. The van der Waals surface area contributed by atoms with Crippen LogP contribution in [0, 0.1) is 6.92 Å². The van der Waals surface area contributed by atoms with Crippen molar-refractivity contribution in [2.45, 2.75) is 32.7 Å². The van der Waals surface area contributed by atoms with E-state index < -0.39 is 5.97 Å². The quantitative estimate of drug-likeness (QED) is 0.807. The van der Waals surface area contributed by atoms with Crippen LogP contribution in [0.25, 0.3) is 0 Å². The van der Waals surface area contributed by atoms with Crippen molar-refractivity contribution < 1.29 is 9.90 Å². The second-order valence-electron chi connectivity index (χ2n) is 8.10. The lowest BCUT2D eigenvalue weighted by molar-refractivity contribution is 0.0689. The third kappa shape index (κ3) is 6.81. The number of aromatic nitrogens is 1. The highest BCUT2D eigenvalue weighted by Crippen LogP contribution is 2.11. The minimum absolute atomic E-state index is 0.148. The number of carboxylic acids is 1. The number of aromatic carboxylic acids is 1. The van der Waals surface area contributed by atoms with Crippen molar-refractivity contribution in [1.29, 1.82) is 0 Å². The summed E-state index contributed by atoms with van der Waals surface area (Å²) in [6, 6.07) is 3.66. The Hall–Kier alpha value is -1.54. The molecule has 0 spiro atoms. The smallest absolute Gasteiger partial charge is 0.354 e. The van der Waals surface area contributed by atoms with Gasteiger partial charge in [-0.25, -0.2) is 9.78 Å². The number of carbonyl (C=O) groups is 1. The van der Waals surface area contributed by atoms with Gasteiger partial charge in [-0.3, -0.25) is 4.90 Å². The van der Waals surface area contributed by atoms with E-state index in [0.29, 0.717) is 0 Å². The SMILES string of the molecule is Cc1cc(CN2CCCN3CCCN(CCCNCC3)CC2)nc(C(=O)O)c1. The number of nitrogens with zero attached hydrogens (tertiary/aromatic N) is 4. The zero-order valence-electron chi connectivity index (χ0n) is 17.2. The molecule has 0 radical (unpaired) electrons. The zero-order valence-corrected chi connectivity index (χ0v) is 17.2. The van der Waals surface area contributed by atoms with E-state index in [9.17, 15) is 9.90 Å². The van der Waals surface area contributed by atoms with E-state index in [-0.39, 0.29) is 5.69 Å². The van der Waals surface area contributed by atoms with Gasteiger partial charge in [-0.15, -0.1) is 0 Å². The van der Waals surface area contributed by atoms with Crippen LogP contribution in [0.5, 0.6) is 0 Å². The molecule has 2 bridgehead atoms. The third-order valence-corrected chi connectivity index (χ3v) is 5.69. The minimum atomic E-state index is -0.952. The maximum absolute atomic E-state index is 11.3. The van der Waals surface area contributed by atoms with Crippen LogP contribution in [0.15, 0.2) is 12.1 Å². The molecule has 2 unspecified atom stereocenters. The van der Waals surface area contributed by atoms with E-state index in [1.165, 1.54) is 19.4 Å². The van der Waals surface area contributed by atoms with Gasteiger partial charge in [-0.2, -0.15) is 0 Å². The van der Waals surface area contributed by atoms with Gasteiger partial charge in [0.25, 0.3) is 0 Å². The number of fused-ring (bicyclic) bond motifs is 4. The predicted molar refractivity (Wildman–Crippen MR) is 111 cm³/mol.